The largest absolute Gasteiger partial charge is 0.488 e. The molecule has 0 N–H and O–H groups in total. The summed E-state index contributed by atoms with van der Waals surface area (Å²) in [6, 6.07) is 84.6. The highest BCUT2D eigenvalue weighted by atomic mass is 16.5. The first-order chi connectivity index (χ1) is 32.1. The van der Waals surface area contributed by atoms with Crippen LogP contribution in [0.4, 0.5) is 34.1 Å². The van der Waals surface area contributed by atoms with Gasteiger partial charge in [0.2, 0.25) is 0 Å². The fourth-order valence-electron chi connectivity index (χ4n) is 10.7. The van der Waals surface area contributed by atoms with Gasteiger partial charge >= 0.3 is 0 Å². The molecule has 0 bridgehead atoms. The van der Waals surface area contributed by atoms with Gasteiger partial charge in [-0.25, -0.2) is 0 Å². The number of fused-ring (bicyclic) bond motifs is 8. The van der Waals surface area contributed by atoms with Crippen molar-refractivity contribution in [2.45, 2.75) is 25.9 Å². The summed E-state index contributed by atoms with van der Waals surface area (Å²) in [4.78, 5) is 4.82. The fourth-order valence-corrected chi connectivity index (χ4v) is 10.7. The van der Waals surface area contributed by atoms with Crippen LogP contribution in [0.15, 0.2) is 231 Å². The summed E-state index contributed by atoms with van der Waals surface area (Å²) in [5, 5.41) is 2.39. The Hall–Kier alpha value is -8.14. The third-order valence-corrected chi connectivity index (χ3v) is 13.5. The Kier molecular flexibility index (Phi) is 9.24. The first-order valence-corrected chi connectivity index (χ1v) is 22.5. The molecule has 0 radical (unpaired) electrons. The number of anilines is 6. The summed E-state index contributed by atoms with van der Waals surface area (Å²) in [6.45, 7) is 4.97. The number of rotatable bonds is 8. The van der Waals surface area contributed by atoms with E-state index in [9.17, 15) is 0 Å². The third-order valence-electron chi connectivity index (χ3n) is 13.5. The van der Waals surface area contributed by atoms with Gasteiger partial charge in [-0.15, -0.1) is 0 Å². The molecule has 0 fully saturated rings. The highest BCUT2D eigenvalue weighted by Crippen LogP contribution is 2.61. The second kappa shape index (κ2) is 15.6. The highest BCUT2D eigenvalue weighted by Gasteiger charge is 2.48. The van der Waals surface area contributed by atoms with E-state index in [0.29, 0.717) is 6.61 Å². The maximum Gasteiger partial charge on any atom is 0.129 e. The summed E-state index contributed by atoms with van der Waals surface area (Å²) in [7, 11) is 0. The van der Waals surface area contributed by atoms with E-state index in [1.807, 2.05) is 0 Å². The quantitative estimate of drug-likeness (QED) is 0.152. The van der Waals surface area contributed by atoms with E-state index in [-0.39, 0.29) is 0 Å². The van der Waals surface area contributed by atoms with Gasteiger partial charge in [-0.1, -0.05) is 169 Å². The Bertz CT molecular complexity index is 3330. The molecule has 0 aromatic heterocycles. The minimum absolute atomic E-state index is 0.543. The van der Waals surface area contributed by atoms with Gasteiger partial charge in [0.15, 0.2) is 0 Å². The lowest BCUT2D eigenvalue weighted by Crippen LogP contribution is -2.29. The molecule has 10 aromatic rings. The van der Waals surface area contributed by atoms with Gasteiger partial charge in [0.25, 0.3) is 0 Å². The summed E-state index contributed by atoms with van der Waals surface area (Å²) in [5.74, 6) is 0.891. The van der Waals surface area contributed by atoms with Crippen molar-refractivity contribution in [3.63, 3.8) is 0 Å². The van der Waals surface area contributed by atoms with Gasteiger partial charge in [0.05, 0.1) is 11.1 Å². The Morgan fingerprint density at radius 3 is 1.55 bits per heavy atom. The van der Waals surface area contributed by atoms with Crippen molar-refractivity contribution in [3.05, 3.63) is 269 Å². The Labute approximate surface area is 381 Å². The average Bonchev–Trinajstić information content (AvgIpc) is 3.65. The highest BCUT2D eigenvalue weighted by molar-refractivity contribution is 6.11. The maximum atomic E-state index is 6.55. The predicted octanol–water partition coefficient (Wildman–Crippen LogP) is 16.3. The second-order valence-corrected chi connectivity index (χ2v) is 17.4. The molecule has 0 saturated heterocycles. The van der Waals surface area contributed by atoms with Gasteiger partial charge in [-0.2, -0.15) is 0 Å². The minimum atomic E-state index is -0.693. The number of benzene rings is 10. The van der Waals surface area contributed by atoms with Crippen LogP contribution in [0.25, 0.3) is 33.0 Å². The van der Waals surface area contributed by atoms with Crippen molar-refractivity contribution in [1.82, 2.24) is 0 Å². The average molecular weight is 835 g/mol. The van der Waals surface area contributed by atoms with Crippen LogP contribution < -0.4 is 14.5 Å². The number of aryl methyl sites for hydroxylation is 2. The lowest BCUT2D eigenvalue weighted by molar-refractivity contribution is 0.302. The Morgan fingerprint density at radius 1 is 0.385 bits per heavy atom. The van der Waals surface area contributed by atoms with Crippen molar-refractivity contribution in [2.75, 3.05) is 9.80 Å². The summed E-state index contributed by atoms with van der Waals surface area (Å²) in [6.07, 6.45) is 0. The molecule has 1 aliphatic carbocycles. The molecule has 0 saturated carbocycles. The summed E-state index contributed by atoms with van der Waals surface area (Å²) in [5.41, 5.74) is 19.3. The first kappa shape index (κ1) is 38.5. The number of para-hydroxylation sites is 3. The van der Waals surface area contributed by atoms with Gasteiger partial charge in [0, 0.05) is 45.5 Å². The first-order valence-electron chi connectivity index (χ1n) is 22.5. The van der Waals surface area contributed by atoms with Gasteiger partial charge < -0.3 is 14.5 Å². The Balaban J connectivity index is 1.18. The summed E-state index contributed by atoms with van der Waals surface area (Å²) >= 11 is 0. The van der Waals surface area contributed by atoms with E-state index < -0.39 is 5.41 Å². The lowest BCUT2D eigenvalue weighted by atomic mass is 9.67. The van der Waals surface area contributed by atoms with Crippen LogP contribution in [-0.2, 0) is 12.0 Å². The molecule has 2 aliphatic rings. The SMILES string of the molecule is Cc1cccc(C2(c3cccc(C)c3)c3cc(N(c4ccccc4)c4ccccc4)ccc3-c3c2cc(N(c2ccccc2)c2ccc4c(c2)OCc2ccccc2-4)c2ccccc32)c1. The van der Waals surface area contributed by atoms with Gasteiger partial charge in [-0.3, -0.25) is 0 Å². The van der Waals surface area contributed by atoms with Crippen LogP contribution in [0.2, 0.25) is 0 Å². The monoisotopic (exact) mass is 834 g/mol. The molecule has 0 amide bonds. The minimum Gasteiger partial charge on any atom is -0.488 e. The number of hydrogen-bond donors (Lipinski definition) is 0. The number of ether oxygens (including phenoxy) is 1. The molecule has 0 atom stereocenters. The molecule has 65 heavy (non-hydrogen) atoms. The van der Waals surface area contributed by atoms with E-state index >= 15 is 0 Å². The zero-order chi connectivity index (χ0) is 43.5. The van der Waals surface area contributed by atoms with Crippen LogP contribution >= 0.6 is 0 Å². The Morgan fingerprint density at radius 2 is 0.923 bits per heavy atom. The third kappa shape index (κ3) is 6.26. The lowest BCUT2D eigenvalue weighted by Gasteiger charge is -2.36. The number of hydrogen-bond acceptors (Lipinski definition) is 3. The van der Waals surface area contributed by atoms with Crippen LogP contribution in [0, 0.1) is 13.8 Å². The molecule has 0 unspecified atom stereocenters. The van der Waals surface area contributed by atoms with Gasteiger partial charge in [0.1, 0.15) is 12.4 Å². The van der Waals surface area contributed by atoms with Crippen molar-refractivity contribution >= 4 is 44.9 Å². The molecule has 1 aliphatic heterocycles. The smallest absolute Gasteiger partial charge is 0.129 e. The molecule has 0 spiro atoms. The predicted molar refractivity (Wildman–Crippen MR) is 270 cm³/mol. The van der Waals surface area contributed by atoms with Crippen LogP contribution in [0.1, 0.15) is 38.9 Å². The van der Waals surface area contributed by atoms with Crippen LogP contribution in [0.5, 0.6) is 5.75 Å². The van der Waals surface area contributed by atoms with E-state index in [1.165, 1.54) is 66.4 Å². The molecule has 3 nitrogen and oxygen atoms in total. The topological polar surface area (TPSA) is 15.7 Å². The number of nitrogens with zero attached hydrogens (tertiary/aromatic N) is 2. The van der Waals surface area contributed by atoms with E-state index in [1.54, 1.807) is 0 Å². The van der Waals surface area contributed by atoms with Crippen molar-refractivity contribution in [1.29, 1.82) is 0 Å². The zero-order valence-electron chi connectivity index (χ0n) is 36.4. The zero-order valence-corrected chi connectivity index (χ0v) is 36.4. The molecule has 10 aromatic carbocycles. The molecular weight excluding hydrogens is 789 g/mol. The second-order valence-electron chi connectivity index (χ2n) is 17.4. The molecular formula is C62H46N2O. The van der Waals surface area contributed by atoms with Crippen molar-refractivity contribution in [3.8, 4) is 28.0 Å². The molecule has 1 heterocycles. The van der Waals surface area contributed by atoms with Crippen LogP contribution in [-0.4, -0.2) is 0 Å². The van der Waals surface area contributed by atoms with Crippen LogP contribution in [0.3, 0.4) is 0 Å². The fraction of sp³-hybridized carbons (Fsp3) is 0.0645. The molecule has 310 valence electrons. The normalized spacial score (nSPS) is 13.0. The van der Waals surface area contributed by atoms with Crippen molar-refractivity contribution in [2.24, 2.45) is 0 Å². The molecule has 3 heteroatoms. The van der Waals surface area contributed by atoms with E-state index in [4.69, 9.17) is 4.74 Å². The maximum absolute atomic E-state index is 6.55. The molecule has 12 rings (SSSR count). The van der Waals surface area contributed by atoms with E-state index in [2.05, 4.69) is 254 Å². The van der Waals surface area contributed by atoms with E-state index in [0.717, 1.165) is 45.4 Å². The summed E-state index contributed by atoms with van der Waals surface area (Å²) < 4.78 is 6.55. The van der Waals surface area contributed by atoms with Crippen molar-refractivity contribution < 1.29 is 4.74 Å². The van der Waals surface area contributed by atoms with Gasteiger partial charge in [-0.05, 0) is 130 Å². The standard InChI is InChI=1S/C62H46N2O/c1-42-18-16-21-45(36-42)62(46-22-17-19-43(2)37-46)57-38-50(63(47-23-6-3-7-24-47)48-25-8-4-9-26-48)33-35-56(57)61-55-31-15-14-30-53(55)59(40-58(61)62)64(49-27-10-5-11-28-49)51-32-34-54-52-29-13-12-20-44(52)41-65-60(54)39-51/h3-40H,41H2,1-2H3.